The summed E-state index contributed by atoms with van der Waals surface area (Å²) in [6, 6.07) is 9.02. The Labute approximate surface area is 119 Å². The number of benzene rings is 1. The molecule has 2 unspecified atom stereocenters. The monoisotopic (exact) mass is 275 g/mol. The third-order valence-electron chi connectivity index (χ3n) is 3.98. The van der Waals surface area contributed by atoms with Gasteiger partial charge in [-0.2, -0.15) is 11.8 Å². The summed E-state index contributed by atoms with van der Waals surface area (Å²) in [6.45, 7) is 4.27. The minimum atomic E-state index is 0.399. The van der Waals surface area contributed by atoms with Crippen molar-refractivity contribution in [1.29, 1.82) is 0 Å². The van der Waals surface area contributed by atoms with Gasteiger partial charge in [0.1, 0.15) is 0 Å². The number of guanidine groups is 1. The second kappa shape index (κ2) is 5.45. The van der Waals surface area contributed by atoms with E-state index in [1.807, 2.05) is 11.8 Å². The predicted molar refractivity (Wildman–Crippen MR) is 82.8 cm³/mol. The van der Waals surface area contributed by atoms with Crippen LogP contribution in [0.2, 0.25) is 0 Å². The quantitative estimate of drug-likeness (QED) is 0.664. The van der Waals surface area contributed by atoms with Gasteiger partial charge in [-0.05, 0) is 24.5 Å². The van der Waals surface area contributed by atoms with E-state index in [9.17, 15) is 0 Å². The van der Waals surface area contributed by atoms with Gasteiger partial charge in [0.15, 0.2) is 5.96 Å². The summed E-state index contributed by atoms with van der Waals surface area (Å²) in [5, 5.41) is 0. The van der Waals surface area contributed by atoms with Crippen LogP contribution in [0.4, 0.5) is 0 Å². The maximum Gasteiger partial charge on any atom is 0.191 e. The molecule has 2 N–H and O–H groups in total. The summed E-state index contributed by atoms with van der Waals surface area (Å²) >= 11 is 2.00. The SMILES string of the molecule is Cc1ccccc1C1CC1N=C(N)N1CCSCC1. The van der Waals surface area contributed by atoms with E-state index in [2.05, 4.69) is 36.1 Å². The van der Waals surface area contributed by atoms with Crippen molar-refractivity contribution in [2.45, 2.75) is 25.3 Å². The van der Waals surface area contributed by atoms with E-state index in [-0.39, 0.29) is 0 Å². The topological polar surface area (TPSA) is 41.6 Å². The Morgan fingerprint density at radius 1 is 1.32 bits per heavy atom. The van der Waals surface area contributed by atoms with Gasteiger partial charge >= 0.3 is 0 Å². The molecule has 2 atom stereocenters. The fraction of sp³-hybridized carbons (Fsp3) is 0.533. The first-order chi connectivity index (χ1) is 9.25. The Morgan fingerprint density at radius 2 is 2.05 bits per heavy atom. The van der Waals surface area contributed by atoms with Crippen LogP contribution in [-0.2, 0) is 0 Å². The number of nitrogens with zero attached hydrogens (tertiary/aromatic N) is 2. The van der Waals surface area contributed by atoms with Crippen LogP contribution in [0.5, 0.6) is 0 Å². The van der Waals surface area contributed by atoms with Crippen LogP contribution in [0.25, 0.3) is 0 Å². The highest BCUT2D eigenvalue weighted by Crippen LogP contribution is 2.44. The standard InChI is InChI=1S/C15H21N3S/c1-11-4-2-3-5-12(11)13-10-14(13)17-15(16)18-6-8-19-9-7-18/h2-5,13-14H,6-10H2,1H3,(H2,16,17). The third-order valence-corrected chi connectivity index (χ3v) is 4.92. The van der Waals surface area contributed by atoms with Gasteiger partial charge in [0, 0.05) is 30.5 Å². The summed E-state index contributed by atoms with van der Waals surface area (Å²) in [7, 11) is 0. The highest BCUT2D eigenvalue weighted by molar-refractivity contribution is 7.99. The Morgan fingerprint density at radius 3 is 2.79 bits per heavy atom. The molecule has 0 aromatic heterocycles. The molecule has 0 amide bonds. The van der Waals surface area contributed by atoms with E-state index in [0.29, 0.717) is 12.0 Å². The molecule has 102 valence electrons. The highest BCUT2D eigenvalue weighted by atomic mass is 32.2. The van der Waals surface area contributed by atoms with Crippen molar-refractivity contribution in [3.63, 3.8) is 0 Å². The van der Waals surface area contributed by atoms with Gasteiger partial charge in [0.25, 0.3) is 0 Å². The molecule has 1 saturated carbocycles. The van der Waals surface area contributed by atoms with Crippen molar-refractivity contribution in [3.05, 3.63) is 35.4 Å². The van der Waals surface area contributed by atoms with Gasteiger partial charge in [-0.1, -0.05) is 24.3 Å². The van der Waals surface area contributed by atoms with Crippen molar-refractivity contribution < 1.29 is 0 Å². The molecule has 2 fully saturated rings. The van der Waals surface area contributed by atoms with Gasteiger partial charge in [0.2, 0.25) is 0 Å². The normalized spacial score (nSPS) is 27.4. The average molecular weight is 275 g/mol. The van der Waals surface area contributed by atoms with E-state index >= 15 is 0 Å². The van der Waals surface area contributed by atoms with Crippen LogP contribution in [0.15, 0.2) is 29.3 Å². The van der Waals surface area contributed by atoms with Gasteiger partial charge in [0.05, 0.1) is 6.04 Å². The summed E-state index contributed by atoms with van der Waals surface area (Å²) in [4.78, 5) is 6.95. The number of aliphatic imine (C=N–C) groups is 1. The zero-order valence-electron chi connectivity index (χ0n) is 11.4. The van der Waals surface area contributed by atoms with Crippen molar-refractivity contribution in [2.24, 2.45) is 10.7 Å². The molecule has 0 radical (unpaired) electrons. The number of rotatable bonds is 2. The van der Waals surface area contributed by atoms with E-state index in [1.165, 1.54) is 22.6 Å². The van der Waals surface area contributed by atoms with Gasteiger partial charge in [-0.15, -0.1) is 0 Å². The van der Waals surface area contributed by atoms with E-state index in [1.54, 1.807) is 0 Å². The largest absolute Gasteiger partial charge is 0.370 e. The second-order valence-corrected chi connectivity index (χ2v) is 6.58. The molecule has 1 aromatic rings. The number of aryl methyl sites for hydroxylation is 1. The van der Waals surface area contributed by atoms with E-state index in [4.69, 9.17) is 10.7 Å². The molecular weight excluding hydrogens is 254 g/mol. The minimum absolute atomic E-state index is 0.399. The maximum atomic E-state index is 6.13. The predicted octanol–water partition coefficient (Wildman–Crippen LogP) is 2.21. The average Bonchev–Trinajstić information content (AvgIpc) is 3.19. The lowest BCUT2D eigenvalue weighted by Gasteiger charge is -2.27. The van der Waals surface area contributed by atoms with Crippen LogP contribution in [0.1, 0.15) is 23.5 Å². The molecular formula is C15H21N3S. The lowest BCUT2D eigenvalue weighted by molar-refractivity contribution is 0.455. The number of hydrogen-bond acceptors (Lipinski definition) is 2. The lowest BCUT2D eigenvalue weighted by Crippen LogP contribution is -2.42. The third kappa shape index (κ3) is 2.89. The smallest absolute Gasteiger partial charge is 0.191 e. The molecule has 1 heterocycles. The zero-order valence-corrected chi connectivity index (χ0v) is 12.2. The minimum Gasteiger partial charge on any atom is -0.370 e. The first-order valence-electron chi connectivity index (χ1n) is 6.97. The zero-order chi connectivity index (χ0) is 13.2. The molecule has 19 heavy (non-hydrogen) atoms. The Bertz CT molecular complexity index is 480. The van der Waals surface area contributed by atoms with Crippen LogP contribution >= 0.6 is 11.8 Å². The van der Waals surface area contributed by atoms with E-state index in [0.717, 1.165) is 25.5 Å². The summed E-state index contributed by atoms with van der Waals surface area (Å²) < 4.78 is 0. The van der Waals surface area contributed by atoms with Crippen molar-refractivity contribution in [2.75, 3.05) is 24.6 Å². The number of thioether (sulfide) groups is 1. The first-order valence-corrected chi connectivity index (χ1v) is 8.12. The Balaban J connectivity index is 1.65. The van der Waals surface area contributed by atoms with Crippen LogP contribution < -0.4 is 5.73 Å². The van der Waals surface area contributed by atoms with Crippen LogP contribution in [0, 0.1) is 6.92 Å². The maximum absolute atomic E-state index is 6.13. The molecule has 4 heteroatoms. The van der Waals surface area contributed by atoms with Crippen molar-refractivity contribution in [1.82, 2.24) is 4.90 Å². The molecule has 0 bridgehead atoms. The van der Waals surface area contributed by atoms with Gasteiger partial charge in [-0.3, -0.25) is 0 Å². The fourth-order valence-electron chi connectivity index (χ4n) is 2.71. The highest BCUT2D eigenvalue weighted by Gasteiger charge is 2.39. The lowest BCUT2D eigenvalue weighted by atomic mass is 10.0. The molecule has 2 aliphatic rings. The molecule has 1 aliphatic heterocycles. The molecule has 1 aromatic carbocycles. The summed E-state index contributed by atoms with van der Waals surface area (Å²) in [6.07, 6.45) is 1.15. The molecule has 3 rings (SSSR count). The summed E-state index contributed by atoms with van der Waals surface area (Å²) in [5.74, 6) is 3.67. The Hall–Kier alpha value is -1.16. The van der Waals surface area contributed by atoms with Crippen LogP contribution in [-0.4, -0.2) is 41.5 Å². The van der Waals surface area contributed by atoms with Crippen molar-refractivity contribution >= 4 is 17.7 Å². The molecule has 3 nitrogen and oxygen atoms in total. The molecule has 1 aliphatic carbocycles. The number of nitrogens with two attached hydrogens (primary N) is 1. The molecule has 1 saturated heterocycles. The summed E-state index contributed by atoms with van der Waals surface area (Å²) in [5.41, 5.74) is 8.95. The second-order valence-electron chi connectivity index (χ2n) is 5.35. The van der Waals surface area contributed by atoms with E-state index < -0.39 is 0 Å². The Kier molecular flexibility index (Phi) is 3.69. The van der Waals surface area contributed by atoms with Crippen molar-refractivity contribution in [3.8, 4) is 0 Å². The van der Waals surface area contributed by atoms with Crippen LogP contribution in [0.3, 0.4) is 0 Å². The van der Waals surface area contributed by atoms with Gasteiger partial charge < -0.3 is 10.6 Å². The first kappa shape index (κ1) is 12.9. The van der Waals surface area contributed by atoms with Gasteiger partial charge in [-0.25, -0.2) is 4.99 Å². The number of hydrogen-bond donors (Lipinski definition) is 1. The fourth-order valence-corrected chi connectivity index (χ4v) is 3.61. The molecule has 0 spiro atoms.